The highest BCUT2D eigenvalue weighted by Gasteiger charge is 2.19. The molecule has 1 N–H and O–H groups in total. The molecule has 134 valence electrons. The molecule has 3 aromatic heterocycles. The Hall–Kier alpha value is -2.65. The summed E-state index contributed by atoms with van der Waals surface area (Å²) in [6.07, 6.45) is 4.52. The van der Waals surface area contributed by atoms with Gasteiger partial charge in [-0.1, -0.05) is 5.92 Å². The summed E-state index contributed by atoms with van der Waals surface area (Å²) in [7, 11) is 0. The molecule has 5 nitrogen and oxygen atoms in total. The molecule has 3 rings (SSSR count). The molecule has 0 atom stereocenters. The lowest BCUT2D eigenvalue weighted by molar-refractivity contribution is 0.472. The van der Waals surface area contributed by atoms with Gasteiger partial charge in [-0.25, -0.2) is 4.52 Å². The minimum atomic E-state index is -0.371. The maximum Gasteiger partial charge on any atom is 0.243 e. The number of hydrogen-bond donors (Lipinski definition) is 1. The minimum absolute atomic E-state index is 0.126. The van der Waals surface area contributed by atoms with Crippen LogP contribution in [0, 0.1) is 18.8 Å². The second-order valence-electron chi connectivity index (χ2n) is 5.82. The van der Waals surface area contributed by atoms with Gasteiger partial charge in [0, 0.05) is 18.9 Å². The molecular formula is C19H19ClFN5. The molecule has 0 fully saturated rings. The van der Waals surface area contributed by atoms with Crippen LogP contribution in [-0.4, -0.2) is 26.3 Å². The number of hydrogen-bond acceptors (Lipinski definition) is 4. The summed E-state index contributed by atoms with van der Waals surface area (Å²) in [6.45, 7) is 3.95. The molecule has 0 saturated heterocycles. The zero-order valence-corrected chi connectivity index (χ0v) is 15.4. The second-order valence-corrected chi connectivity index (χ2v) is 6.16. The topological polar surface area (TPSA) is 55.1 Å². The van der Waals surface area contributed by atoms with Crippen molar-refractivity contribution in [2.24, 2.45) is 0 Å². The second kappa shape index (κ2) is 8.15. The number of rotatable bonds is 6. The molecule has 3 heterocycles. The van der Waals surface area contributed by atoms with Gasteiger partial charge in [-0.05, 0) is 73.0 Å². The molecule has 3 aromatic rings. The van der Waals surface area contributed by atoms with Gasteiger partial charge in [-0.3, -0.25) is 9.37 Å². The van der Waals surface area contributed by atoms with E-state index < -0.39 is 0 Å². The Morgan fingerprint density at radius 3 is 2.77 bits per heavy atom. The number of pyridine rings is 1. The molecule has 0 aliphatic heterocycles. The summed E-state index contributed by atoms with van der Waals surface area (Å²) in [5.74, 6) is 6.62. The lowest BCUT2D eigenvalue weighted by Crippen LogP contribution is -2.07. The average Bonchev–Trinajstić information content (AvgIpc) is 2.90. The maximum atomic E-state index is 12.7. The van der Waals surface area contributed by atoms with Crippen LogP contribution in [0.1, 0.15) is 35.7 Å². The summed E-state index contributed by atoms with van der Waals surface area (Å²) in [4.78, 5) is 8.37. The number of alkyl halides is 1. The third-order valence-corrected chi connectivity index (χ3v) is 4.30. The van der Waals surface area contributed by atoms with Crippen molar-refractivity contribution < 1.29 is 4.39 Å². The monoisotopic (exact) mass is 371 g/mol. The van der Waals surface area contributed by atoms with Crippen LogP contribution in [0.2, 0.25) is 5.28 Å². The van der Waals surface area contributed by atoms with Gasteiger partial charge >= 0.3 is 0 Å². The van der Waals surface area contributed by atoms with E-state index in [1.54, 1.807) is 23.8 Å². The predicted molar refractivity (Wildman–Crippen MR) is 101 cm³/mol. The van der Waals surface area contributed by atoms with Gasteiger partial charge in [-0.2, -0.15) is 4.98 Å². The largest absolute Gasteiger partial charge is 0.364 e. The van der Waals surface area contributed by atoms with Crippen LogP contribution in [0.3, 0.4) is 0 Å². The molecule has 0 spiro atoms. The van der Waals surface area contributed by atoms with Crippen molar-refractivity contribution >= 4 is 22.9 Å². The number of aryl methyl sites for hydroxylation is 1. The van der Waals surface area contributed by atoms with E-state index in [1.165, 1.54) is 0 Å². The van der Waals surface area contributed by atoms with E-state index in [0.29, 0.717) is 25.2 Å². The van der Waals surface area contributed by atoms with Gasteiger partial charge in [0.25, 0.3) is 0 Å². The average molecular weight is 372 g/mol. The quantitative estimate of drug-likeness (QED) is 0.666. The van der Waals surface area contributed by atoms with Crippen LogP contribution in [0.25, 0.3) is 5.52 Å². The molecule has 0 aliphatic carbocycles. The highest BCUT2D eigenvalue weighted by molar-refractivity contribution is 6.28. The molecule has 0 amide bonds. The summed E-state index contributed by atoms with van der Waals surface area (Å²) in [5.41, 5.74) is 4.61. The molecule has 7 heteroatoms. The van der Waals surface area contributed by atoms with Crippen molar-refractivity contribution in [2.75, 3.05) is 12.0 Å². The fourth-order valence-electron chi connectivity index (χ4n) is 2.95. The SMILES string of the molecule is CC#Cc1c(CCCF)c(C)c2c(NCc3ccncc3)nc(Cl)nn12. The van der Waals surface area contributed by atoms with Crippen molar-refractivity contribution in [1.29, 1.82) is 0 Å². The van der Waals surface area contributed by atoms with E-state index in [9.17, 15) is 4.39 Å². The zero-order valence-electron chi connectivity index (χ0n) is 14.7. The van der Waals surface area contributed by atoms with Crippen molar-refractivity contribution in [3.63, 3.8) is 0 Å². The van der Waals surface area contributed by atoms with Crippen molar-refractivity contribution in [1.82, 2.24) is 19.6 Å². The van der Waals surface area contributed by atoms with Gasteiger partial charge in [0.1, 0.15) is 11.2 Å². The Morgan fingerprint density at radius 1 is 1.31 bits per heavy atom. The van der Waals surface area contributed by atoms with Crippen LogP contribution in [-0.2, 0) is 13.0 Å². The lowest BCUT2D eigenvalue weighted by Gasteiger charge is -2.09. The minimum Gasteiger partial charge on any atom is -0.364 e. The highest BCUT2D eigenvalue weighted by Crippen LogP contribution is 2.29. The Morgan fingerprint density at radius 2 is 2.08 bits per heavy atom. The first-order valence-electron chi connectivity index (χ1n) is 8.35. The Labute approximate surface area is 156 Å². The van der Waals surface area contributed by atoms with Crippen molar-refractivity contribution in [2.45, 2.75) is 33.2 Å². The molecular weight excluding hydrogens is 353 g/mol. The van der Waals surface area contributed by atoms with Gasteiger partial charge in [0.2, 0.25) is 5.28 Å². The molecule has 0 radical (unpaired) electrons. The van der Waals surface area contributed by atoms with Crippen LogP contribution in [0.15, 0.2) is 24.5 Å². The molecule has 0 saturated carbocycles. The highest BCUT2D eigenvalue weighted by atomic mass is 35.5. The Bertz CT molecular complexity index is 972. The van der Waals surface area contributed by atoms with E-state index in [4.69, 9.17) is 11.6 Å². The zero-order chi connectivity index (χ0) is 18.5. The summed E-state index contributed by atoms with van der Waals surface area (Å²) < 4.78 is 14.4. The first-order valence-corrected chi connectivity index (χ1v) is 8.72. The summed E-state index contributed by atoms with van der Waals surface area (Å²) in [5, 5.41) is 7.77. The number of fused-ring (bicyclic) bond motifs is 1. The molecule has 0 bridgehead atoms. The molecule has 0 aliphatic rings. The molecule has 0 aromatic carbocycles. The fraction of sp³-hybridized carbons (Fsp3) is 0.316. The summed E-state index contributed by atoms with van der Waals surface area (Å²) in [6, 6.07) is 3.86. The standard InChI is InChI=1S/C19H19ClFN5/c1-3-5-16-15(6-4-9-21)13(2)17-18(24-19(20)25-26(16)17)23-12-14-7-10-22-11-8-14/h7-8,10-11H,4,6,9,12H2,1-2H3,(H,23,24,25). The van der Waals surface area contributed by atoms with Gasteiger partial charge < -0.3 is 5.32 Å². The third kappa shape index (κ3) is 3.63. The maximum absolute atomic E-state index is 12.7. The van der Waals surface area contributed by atoms with Gasteiger partial charge in [0.05, 0.1) is 6.67 Å². The Kier molecular flexibility index (Phi) is 5.69. The summed E-state index contributed by atoms with van der Waals surface area (Å²) >= 11 is 6.14. The molecule has 26 heavy (non-hydrogen) atoms. The smallest absolute Gasteiger partial charge is 0.243 e. The van der Waals surface area contributed by atoms with Crippen molar-refractivity contribution in [3.05, 3.63) is 52.2 Å². The Balaban J connectivity index is 2.09. The fourth-order valence-corrected chi connectivity index (χ4v) is 3.11. The van der Waals surface area contributed by atoms with Crippen molar-refractivity contribution in [3.8, 4) is 11.8 Å². The van der Waals surface area contributed by atoms with Crippen LogP contribution in [0.5, 0.6) is 0 Å². The van der Waals surface area contributed by atoms with E-state index in [-0.39, 0.29) is 12.0 Å². The normalized spacial score (nSPS) is 10.6. The first-order chi connectivity index (χ1) is 12.7. The van der Waals surface area contributed by atoms with Gasteiger partial charge in [0.15, 0.2) is 5.82 Å². The van der Waals surface area contributed by atoms with Crippen LogP contribution in [0.4, 0.5) is 10.2 Å². The lowest BCUT2D eigenvalue weighted by atomic mass is 10.1. The number of anilines is 1. The van der Waals surface area contributed by atoms with Gasteiger partial charge in [-0.15, -0.1) is 5.10 Å². The first kappa shape index (κ1) is 18.2. The van der Waals surface area contributed by atoms with E-state index in [1.807, 2.05) is 19.1 Å². The van der Waals surface area contributed by atoms with Crippen LogP contribution >= 0.6 is 11.6 Å². The number of halogens is 2. The molecule has 0 unspecified atom stereocenters. The number of nitrogens with zero attached hydrogens (tertiary/aromatic N) is 4. The predicted octanol–water partition coefficient (Wildman–Crippen LogP) is 3.97. The number of aromatic nitrogens is 4. The van der Waals surface area contributed by atoms with E-state index >= 15 is 0 Å². The van der Waals surface area contributed by atoms with E-state index in [0.717, 1.165) is 27.9 Å². The number of nitrogens with one attached hydrogen (secondary N) is 1. The van der Waals surface area contributed by atoms with E-state index in [2.05, 4.69) is 32.2 Å². The third-order valence-electron chi connectivity index (χ3n) is 4.14. The van der Waals surface area contributed by atoms with Crippen LogP contribution < -0.4 is 5.32 Å².